The molecule has 0 spiro atoms. The van der Waals surface area contributed by atoms with Crippen molar-refractivity contribution in [2.24, 2.45) is 5.41 Å². The zero-order valence-corrected chi connectivity index (χ0v) is 11.7. The van der Waals surface area contributed by atoms with Crippen molar-refractivity contribution >= 4 is 0 Å². The Hall–Kier alpha value is -1.29. The van der Waals surface area contributed by atoms with Crippen molar-refractivity contribution in [2.45, 2.75) is 52.9 Å². The van der Waals surface area contributed by atoms with Gasteiger partial charge in [-0.15, -0.1) is 0 Å². The van der Waals surface area contributed by atoms with E-state index in [1.165, 1.54) is 11.1 Å². The zero-order chi connectivity index (χ0) is 13.1. The molecule has 0 bridgehead atoms. The molecule has 0 N–H and O–H groups in total. The van der Waals surface area contributed by atoms with Gasteiger partial charge in [0.2, 0.25) is 0 Å². The lowest BCUT2D eigenvalue weighted by Crippen LogP contribution is -2.16. The molecule has 1 unspecified atom stereocenters. The molecule has 1 nitrogen and oxygen atoms in total. The number of nitrogens with zero attached hydrogens (tertiary/aromatic N) is 1. The van der Waals surface area contributed by atoms with E-state index < -0.39 is 0 Å². The van der Waals surface area contributed by atoms with E-state index in [1.807, 2.05) is 6.92 Å². The van der Waals surface area contributed by atoms with Crippen molar-refractivity contribution in [3.8, 4) is 6.07 Å². The van der Waals surface area contributed by atoms with Crippen LogP contribution in [-0.2, 0) is 11.8 Å². The highest BCUT2D eigenvalue weighted by Crippen LogP contribution is 2.27. The van der Waals surface area contributed by atoms with Gasteiger partial charge in [0.15, 0.2) is 0 Å². The summed E-state index contributed by atoms with van der Waals surface area (Å²) in [5.41, 5.74) is 2.56. The summed E-state index contributed by atoms with van der Waals surface area (Å²) < 4.78 is 0. The van der Waals surface area contributed by atoms with Crippen LogP contribution in [0.15, 0.2) is 24.3 Å². The number of benzene rings is 1. The zero-order valence-electron chi connectivity index (χ0n) is 11.7. The molecule has 0 amide bonds. The maximum atomic E-state index is 9.18. The first-order valence-electron chi connectivity index (χ1n) is 6.31. The highest BCUT2D eigenvalue weighted by molar-refractivity contribution is 5.28. The van der Waals surface area contributed by atoms with E-state index in [1.54, 1.807) is 0 Å². The van der Waals surface area contributed by atoms with Crippen LogP contribution >= 0.6 is 0 Å². The summed E-state index contributed by atoms with van der Waals surface area (Å²) in [5, 5.41) is 9.18. The standard InChI is InChI=1S/C16H23N/c1-6-16(5,12-17)11-13-7-9-14(10-8-13)15(2,3)4/h7-10H,6,11H2,1-5H3. The first-order valence-corrected chi connectivity index (χ1v) is 6.31. The van der Waals surface area contributed by atoms with E-state index in [4.69, 9.17) is 0 Å². The van der Waals surface area contributed by atoms with E-state index in [0.29, 0.717) is 0 Å². The summed E-state index contributed by atoms with van der Waals surface area (Å²) in [6.45, 7) is 10.8. The molecule has 0 aliphatic heterocycles. The monoisotopic (exact) mass is 229 g/mol. The second kappa shape index (κ2) is 4.92. The Morgan fingerprint density at radius 3 is 1.94 bits per heavy atom. The predicted octanol–water partition coefficient (Wildman–Crippen LogP) is 4.47. The molecule has 0 radical (unpaired) electrons. The molecule has 17 heavy (non-hydrogen) atoms. The molecule has 0 aromatic heterocycles. The molecule has 0 saturated carbocycles. The van der Waals surface area contributed by atoms with Crippen LogP contribution in [-0.4, -0.2) is 0 Å². The highest BCUT2D eigenvalue weighted by atomic mass is 14.3. The van der Waals surface area contributed by atoms with E-state index in [2.05, 4.69) is 58.0 Å². The van der Waals surface area contributed by atoms with Gasteiger partial charge < -0.3 is 0 Å². The Kier molecular flexibility index (Phi) is 3.98. The first-order chi connectivity index (χ1) is 7.80. The van der Waals surface area contributed by atoms with Crippen LogP contribution in [0.5, 0.6) is 0 Å². The van der Waals surface area contributed by atoms with Crippen molar-refractivity contribution in [3.63, 3.8) is 0 Å². The third kappa shape index (κ3) is 3.60. The smallest absolute Gasteiger partial charge is 0.0690 e. The highest BCUT2D eigenvalue weighted by Gasteiger charge is 2.22. The number of hydrogen-bond acceptors (Lipinski definition) is 1. The summed E-state index contributed by atoms with van der Waals surface area (Å²) in [6, 6.07) is 11.1. The van der Waals surface area contributed by atoms with Gasteiger partial charge in [-0.25, -0.2) is 0 Å². The van der Waals surface area contributed by atoms with Gasteiger partial charge >= 0.3 is 0 Å². The van der Waals surface area contributed by atoms with Crippen LogP contribution in [0.25, 0.3) is 0 Å². The van der Waals surface area contributed by atoms with Gasteiger partial charge in [-0.3, -0.25) is 0 Å². The van der Waals surface area contributed by atoms with Crippen LogP contribution in [0, 0.1) is 16.7 Å². The molecule has 92 valence electrons. The van der Waals surface area contributed by atoms with Crippen LogP contribution < -0.4 is 0 Å². The summed E-state index contributed by atoms with van der Waals surface area (Å²) in [5.74, 6) is 0. The number of hydrogen-bond donors (Lipinski definition) is 0. The van der Waals surface area contributed by atoms with Crippen LogP contribution in [0.2, 0.25) is 0 Å². The third-order valence-corrected chi connectivity index (χ3v) is 3.46. The molecule has 0 aliphatic rings. The van der Waals surface area contributed by atoms with Gasteiger partial charge in [0.05, 0.1) is 11.5 Å². The van der Waals surface area contributed by atoms with E-state index >= 15 is 0 Å². The van der Waals surface area contributed by atoms with Gasteiger partial charge in [-0.1, -0.05) is 52.0 Å². The van der Waals surface area contributed by atoms with Crippen molar-refractivity contribution in [3.05, 3.63) is 35.4 Å². The summed E-state index contributed by atoms with van der Waals surface area (Å²) in [4.78, 5) is 0. The lowest BCUT2D eigenvalue weighted by atomic mass is 9.81. The SMILES string of the molecule is CCC(C)(C#N)Cc1ccc(C(C)(C)C)cc1. The maximum absolute atomic E-state index is 9.18. The second-order valence-corrected chi connectivity index (χ2v) is 6.15. The average Bonchev–Trinajstić information content (AvgIpc) is 2.28. The second-order valence-electron chi connectivity index (χ2n) is 6.15. The van der Waals surface area contributed by atoms with Crippen molar-refractivity contribution < 1.29 is 0 Å². The molecule has 0 saturated heterocycles. The lowest BCUT2D eigenvalue weighted by molar-refractivity contribution is 0.422. The molecule has 1 aromatic rings. The quantitative estimate of drug-likeness (QED) is 0.750. The molecular formula is C16H23N. The minimum atomic E-state index is -0.233. The normalized spacial score (nSPS) is 15.1. The van der Waals surface area contributed by atoms with Crippen LogP contribution in [0.1, 0.15) is 52.2 Å². The molecule has 1 aromatic carbocycles. The molecule has 1 heteroatoms. The minimum Gasteiger partial charge on any atom is -0.198 e. The van der Waals surface area contributed by atoms with Gasteiger partial charge in [-0.05, 0) is 36.3 Å². The van der Waals surface area contributed by atoms with E-state index in [0.717, 1.165) is 12.8 Å². The third-order valence-electron chi connectivity index (χ3n) is 3.46. The summed E-state index contributed by atoms with van der Waals surface area (Å²) in [7, 11) is 0. The van der Waals surface area contributed by atoms with Gasteiger partial charge in [-0.2, -0.15) is 5.26 Å². The van der Waals surface area contributed by atoms with Gasteiger partial charge in [0, 0.05) is 0 Å². The van der Waals surface area contributed by atoms with Crippen molar-refractivity contribution in [2.75, 3.05) is 0 Å². The van der Waals surface area contributed by atoms with E-state index in [-0.39, 0.29) is 10.8 Å². The molecular weight excluding hydrogens is 206 g/mol. The van der Waals surface area contributed by atoms with Gasteiger partial charge in [0.25, 0.3) is 0 Å². The summed E-state index contributed by atoms with van der Waals surface area (Å²) >= 11 is 0. The first kappa shape index (κ1) is 13.8. The van der Waals surface area contributed by atoms with Crippen molar-refractivity contribution in [1.29, 1.82) is 5.26 Å². The summed E-state index contributed by atoms with van der Waals surface area (Å²) in [6.07, 6.45) is 1.73. The maximum Gasteiger partial charge on any atom is 0.0690 e. The number of rotatable bonds is 3. The fourth-order valence-corrected chi connectivity index (χ4v) is 1.82. The fraction of sp³-hybridized carbons (Fsp3) is 0.562. The Labute approximate surface area is 105 Å². The van der Waals surface area contributed by atoms with Crippen LogP contribution in [0.3, 0.4) is 0 Å². The largest absolute Gasteiger partial charge is 0.198 e. The molecule has 0 aliphatic carbocycles. The number of nitriles is 1. The van der Waals surface area contributed by atoms with Crippen LogP contribution in [0.4, 0.5) is 0 Å². The Balaban J connectivity index is 2.87. The van der Waals surface area contributed by atoms with Gasteiger partial charge in [0.1, 0.15) is 0 Å². The van der Waals surface area contributed by atoms with Crippen molar-refractivity contribution in [1.82, 2.24) is 0 Å². The minimum absolute atomic E-state index is 0.196. The molecule has 1 rings (SSSR count). The fourth-order valence-electron chi connectivity index (χ4n) is 1.82. The lowest BCUT2D eigenvalue weighted by Gasteiger charge is -2.22. The molecule has 0 heterocycles. The average molecular weight is 229 g/mol. The molecule has 1 atom stereocenters. The van der Waals surface area contributed by atoms with E-state index in [9.17, 15) is 5.26 Å². The predicted molar refractivity (Wildman–Crippen MR) is 72.9 cm³/mol. The Bertz CT molecular complexity index is 403. The Morgan fingerprint density at radius 2 is 1.59 bits per heavy atom. The molecule has 0 fully saturated rings. The topological polar surface area (TPSA) is 23.8 Å². The Morgan fingerprint density at radius 1 is 1.06 bits per heavy atom.